The highest BCUT2D eigenvalue weighted by molar-refractivity contribution is 5.64. The summed E-state index contributed by atoms with van der Waals surface area (Å²) >= 11 is 0. The first kappa shape index (κ1) is 19.6. The Hall–Kier alpha value is -2.77. The number of carbonyl (C=O) groups excluding carboxylic acids is 1. The summed E-state index contributed by atoms with van der Waals surface area (Å²) in [6.07, 6.45) is -3.79. The van der Waals surface area contributed by atoms with Crippen LogP contribution in [0.1, 0.15) is 31.2 Å². The first-order valence-electron chi connectivity index (χ1n) is 7.70. The molecule has 0 radical (unpaired) electrons. The van der Waals surface area contributed by atoms with Gasteiger partial charge in [-0.25, -0.2) is 9.18 Å². The lowest BCUT2D eigenvalue weighted by atomic mass is 9.93. The van der Waals surface area contributed by atoms with Crippen LogP contribution in [0.5, 0.6) is 5.88 Å². The molecule has 0 atom stereocenters. The molecule has 1 aliphatic carbocycles. The number of alkyl halides is 3. The number of hydrogen-bond acceptors (Lipinski definition) is 6. The Bertz CT molecular complexity index is 697. The van der Waals surface area contributed by atoms with E-state index in [0.717, 1.165) is 6.07 Å². The molecule has 1 saturated carbocycles. The maximum Gasteiger partial charge on any atom is 0.422 e. The van der Waals surface area contributed by atoms with Crippen molar-refractivity contribution in [3.8, 4) is 11.9 Å². The molecular weight excluding hydrogens is 360 g/mol. The third-order valence-corrected chi connectivity index (χ3v) is 3.73. The minimum Gasteiger partial charge on any atom is -0.467 e. The smallest absolute Gasteiger partial charge is 0.422 e. The molecule has 7 nitrogen and oxygen atoms in total. The van der Waals surface area contributed by atoms with Gasteiger partial charge in [0.25, 0.3) is 0 Å². The van der Waals surface area contributed by atoms with Crippen LogP contribution >= 0.6 is 0 Å². The van der Waals surface area contributed by atoms with Crippen molar-refractivity contribution in [3.05, 3.63) is 17.4 Å². The summed E-state index contributed by atoms with van der Waals surface area (Å²) in [6.45, 7) is -1.64. The van der Waals surface area contributed by atoms with Crippen molar-refractivity contribution in [1.29, 1.82) is 5.26 Å². The number of nitriles is 1. The molecule has 0 spiro atoms. The van der Waals surface area contributed by atoms with Crippen molar-refractivity contribution >= 4 is 11.9 Å². The van der Waals surface area contributed by atoms with Gasteiger partial charge in [0.1, 0.15) is 17.7 Å². The average Bonchev–Trinajstić information content (AvgIpc) is 2.55. The number of amides is 1. The highest BCUT2D eigenvalue weighted by atomic mass is 19.4. The van der Waals surface area contributed by atoms with Crippen LogP contribution in [0.25, 0.3) is 0 Å². The van der Waals surface area contributed by atoms with Gasteiger partial charge in [0.2, 0.25) is 5.88 Å². The van der Waals surface area contributed by atoms with E-state index in [2.05, 4.69) is 15.0 Å². The highest BCUT2D eigenvalue weighted by Crippen LogP contribution is 2.28. The van der Waals surface area contributed by atoms with Crippen molar-refractivity contribution in [2.24, 2.45) is 5.73 Å². The van der Waals surface area contributed by atoms with E-state index >= 15 is 0 Å². The summed E-state index contributed by atoms with van der Waals surface area (Å²) in [7, 11) is 0. The first-order chi connectivity index (χ1) is 12.2. The van der Waals surface area contributed by atoms with Gasteiger partial charge in [0.15, 0.2) is 18.2 Å². The van der Waals surface area contributed by atoms with Crippen LogP contribution in [-0.4, -0.2) is 36.0 Å². The average molecular weight is 376 g/mol. The molecule has 0 unspecified atom stereocenters. The summed E-state index contributed by atoms with van der Waals surface area (Å²) in [4.78, 5) is 14.4. The number of nitrogens with two attached hydrogens (primary N) is 1. The fourth-order valence-corrected chi connectivity index (χ4v) is 2.60. The predicted octanol–water partition coefficient (Wildman–Crippen LogP) is 2.85. The van der Waals surface area contributed by atoms with E-state index in [1.54, 1.807) is 6.07 Å². The monoisotopic (exact) mass is 376 g/mol. The maximum absolute atomic E-state index is 14.1. The van der Waals surface area contributed by atoms with E-state index in [1.165, 1.54) is 0 Å². The van der Waals surface area contributed by atoms with Crippen molar-refractivity contribution in [2.75, 3.05) is 11.9 Å². The zero-order chi connectivity index (χ0) is 19.3. The summed E-state index contributed by atoms with van der Waals surface area (Å²) in [6, 6.07) is 2.08. The van der Waals surface area contributed by atoms with Gasteiger partial charge in [0.05, 0.1) is 0 Å². The van der Waals surface area contributed by atoms with Crippen LogP contribution in [-0.2, 0) is 4.74 Å². The molecule has 3 N–H and O–H groups in total. The van der Waals surface area contributed by atoms with Crippen LogP contribution < -0.4 is 15.8 Å². The Morgan fingerprint density at radius 2 is 2.04 bits per heavy atom. The third-order valence-electron chi connectivity index (χ3n) is 3.73. The van der Waals surface area contributed by atoms with Crippen molar-refractivity contribution in [2.45, 2.75) is 44.0 Å². The quantitative estimate of drug-likeness (QED) is 0.765. The number of pyridine rings is 1. The van der Waals surface area contributed by atoms with Crippen LogP contribution in [0.15, 0.2) is 6.07 Å². The lowest BCUT2D eigenvalue weighted by molar-refractivity contribution is -0.154. The van der Waals surface area contributed by atoms with Crippen molar-refractivity contribution in [1.82, 2.24) is 4.98 Å². The zero-order valence-electron chi connectivity index (χ0n) is 13.5. The standard InChI is InChI=1S/C15H16F4N4O3/c16-11-5-8(6-20)13(25-7-15(17,18)19)23-12(11)22-9-1-3-10(4-2-9)26-14(21)24/h5,9-10H,1-4,7H2,(H2,21,24)(H,22,23). The molecule has 0 saturated heterocycles. The molecule has 2 rings (SSSR count). The summed E-state index contributed by atoms with van der Waals surface area (Å²) in [5.74, 6) is -1.78. The Morgan fingerprint density at radius 1 is 1.38 bits per heavy atom. The van der Waals surface area contributed by atoms with Gasteiger partial charge >= 0.3 is 12.3 Å². The highest BCUT2D eigenvalue weighted by Gasteiger charge is 2.30. The molecule has 1 aliphatic rings. The van der Waals surface area contributed by atoms with E-state index in [1.807, 2.05) is 0 Å². The van der Waals surface area contributed by atoms with Crippen molar-refractivity contribution < 1.29 is 31.8 Å². The van der Waals surface area contributed by atoms with Gasteiger partial charge in [-0.2, -0.15) is 23.4 Å². The van der Waals surface area contributed by atoms with Crippen molar-refractivity contribution in [3.63, 3.8) is 0 Å². The van der Waals surface area contributed by atoms with Gasteiger partial charge in [-0.3, -0.25) is 0 Å². The number of hydrogen-bond donors (Lipinski definition) is 2. The number of primary amides is 1. The Morgan fingerprint density at radius 3 is 2.58 bits per heavy atom. The minimum absolute atomic E-state index is 0.229. The molecule has 26 heavy (non-hydrogen) atoms. The lowest BCUT2D eigenvalue weighted by Gasteiger charge is -2.28. The summed E-state index contributed by atoms with van der Waals surface area (Å²) < 4.78 is 60.3. The third kappa shape index (κ3) is 5.65. The molecule has 142 valence electrons. The molecule has 1 aromatic heterocycles. The van der Waals surface area contributed by atoms with Gasteiger partial charge in [-0.05, 0) is 25.7 Å². The number of aromatic nitrogens is 1. The zero-order valence-corrected chi connectivity index (χ0v) is 13.5. The SMILES string of the molecule is N#Cc1cc(F)c(NC2CCC(OC(N)=O)CC2)nc1OCC(F)(F)F. The van der Waals surface area contributed by atoms with E-state index in [-0.39, 0.29) is 18.0 Å². The summed E-state index contributed by atoms with van der Waals surface area (Å²) in [5, 5.41) is 11.7. The maximum atomic E-state index is 14.1. The second-order valence-corrected chi connectivity index (χ2v) is 5.74. The molecular formula is C15H16F4N4O3. The lowest BCUT2D eigenvalue weighted by Crippen LogP contribution is -2.32. The van der Waals surface area contributed by atoms with E-state index < -0.39 is 36.1 Å². The minimum atomic E-state index is -4.62. The van der Waals surface area contributed by atoms with Crippen LogP contribution in [0.2, 0.25) is 0 Å². The molecule has 1 fully saturated rings. The van der Waals surface area contributed by atoms with E-state index in [4.69, 9.17) is 15.7 Å². The number of nitrogens with zero attached hydrogens (tertiary/aromatic N) is 2. The first-order valence-corrected chi connectivity index (χ1v) is 7.70. The predicted molar refractivity (Wildman–Crippen MR) is 80.8 cm³/mol. The number of rotatable bonds is 5. The van der Waals surface area contributed by atoms with Crippen LogP contribution in [0.3, 0.4) is 0 Å². The van der Waals surface area contributed by atoms with Gasteiger partial charge < -0.3 is 20.5 Å². The Balaban J connectivity index is 2.05. The fraction of sp³-hybridized carbons (Fsp3) is 0.533. The van der Waals surface area contributed by atoms with Gasteiger partial charge in [0, 0.05) is 12.1 Å². The molecule has 1 amide bonds. The largest absolute Gasteiger partial charge is 0.467 e. The second kappa shape index (κ2) is 8.07. The summed E-state index contributed by atoms with van der Waals surface area (Å²) in [5.41, 5.74) is 4.51. The molecule has 1 heterocycles. The van der Waals surface area contributed by atoms with E-state index in [0.29, 0.717) is 25.7 Å². The topological polar surface area (TPSA) is 110 Å². The fourth-order valence-electron chi connectivity index (χ4n) is 2.60. The molecule has 0 aliphatic heterocycles. The molecule has 1 aromatic rings. The Labute approximate surface area is 146 Å². The Kier molecular flexibility index (Phi) is 6.07. The normalized spacial score (nSPS) is 20.1. The number of anilines is 1. The second-order valence-electron chi connectivity index (χ2n) is 5.74. The number of carbonyl (C=O) groups is 1. The van der Waals surface area contributed by atoms with Crippen LogP contribution in [0, 0.1) is 17.1 Å². The number of nitrogens with one attached hydrogen (secondary N) is 1. The number of ether oxygens (including phenoxy) is 2. The molecule has 0 bridgehead atoms. The van der Waals surface area contributed by atoms with Gasteiger partial charge in [-0.15, -0.1) is 0 Å². The van der Waals surface area contributed by atoms with Crippen LogP contribution in [0.4, 0.5) is 28.2 Å². The molecule has 0 aromatic carbocycles. The van der Waals surface area contributed by atoms with E-state index in [9.17, 15) is 22.4 Å². The molecule has 11 heteroatoms. The number of halogens is 4. The van der Waals surface area contributed by atoms with Gasteiger partial charge in [-0.1, -0.05) is 0 Å².